The SMILES string of the molecule is C[C@]12CP(=O)(C(C3=C(CBr)[C@@]4(C)CP3(=O)C(c3ccccc3)=C4c3ccccc3)=C1CBr)C(c1ccccc1)=C2c1ccccc1. The van der Waals surface area contributed by atoms with Gasteiger partial charge in [0.05, 0.1) is 0 Å². The topological polar surface area (TPSA) is 34.1 Å². The van der Waals surface area contributed by atoms with Crippen molar-refractivity contribution in [1.82, 2.24) is 0 Å². The van der Waals surface area contributed by atoms with Gasteiger partial charge < -0.3 is 9.13 Å². The molecule has 4 heterocycles. The Morgan fingerprint density at radius 1 is 0.478 bits per heavy atom. The number of allylic oxidation sites excluding steroid dienone is 6. The molecule has 0 radical (unpaired) electrons. The summed E-state index contributed by atoms with van der Waals surface area (Å²) < 4.78 is 32.6. The molecule has 0 amide bonds. The van der Waals surface area contributed by atoms with E-state index in [2.05, 4.69) is 119 Å². The molecule has 4 bridgehead atoms. The van der Waals surface area contributed by atoms with Crippen LogP contribution in [0.3, 0.4) is 0 Å². The third kappa shape index (κ3) is 4.00. The van der Waals surface area contributed by atoms with Gasteiger partial charge in [-0.15, -0.1) is 0 Å². The monoisotopic (exact) mass is 766 g/mol. The van der Waals surface area contributed by atoms with E-state index < -0.39 is 25.1 Å². The van der Waals surface area contributed by atoms with Crippen LogP contribution in [-0.4, -0.2) is 23.0 Å². The lowest BCUT2D eigenvalue weighted by molar-refractivity contribution is 0.575. The number of alkyl halides is 2. The highest BCUT2D eigenvalue weighted by Gasteiger charge is 2.67. The highest BCUT2D eigenvalue weighted by Crippen LogP contribution is 2.92. The van der Waals surface area contributed by atoms with Crippen molar-refractivity contribution in [3.8, 4) is 0 Å². The summed E-state index contributed by atoms with van der Waals surface area (Å²) in [5.41, 5.74) is 7.84. The van der Waals surface area contributed by atoms with Crippen molar-refractivity contribution in [2.75, 3.05) is 23.0 Å². The largest absolute Gasteiger partial charge is 0.314 e. The second kappa shape index (κ2) is 10.9. The fourth-order valence-electron chi connectivity index (χ4n) is 8.99. The molecule has 2 unspecified atom stereocenters. The summed E-state index contributed by atoms with van der Waals surface area (Å²) in [7, 11) is -6.47. The molecule has 2 nitrogen and oxygen atoms in total. The number of fused-ring (bicyclic) bond motifs is 4. The van der Waals surface area contributed by atoms with Crippen LogP contribution in [0.2, 0.25) is 0 Å². The Labute approximate surface area is 288 Å². The lowest BCUT2D eigenvalue weighted by Crippen LogP contribution is -2.23. The molecule has 8 rings (SSSR count). The molecular weight excluding hydrogens is 734 g/mol. The van der Waals surface area contributed by atoms with E-state index in [9.17, 15) is 0 Å². The van der Waals surface area contributed by atoms with Gasteiger partial charge in [-0.05, 0) is 44.5 Å². The molecule has 0 aromatic heterocycles. The highest BCUT2D eigenvalue weighted by molar-refractivity contribution is 9.09. The summed E-state index contributed by atoms with van der Waals surface area (Å²) in [6, 6.07) is 41.5. The summed E-state index contributed by atoms with van der Waals surface area (Å²) in [4.78, 5) is 0. The molecular formula is C40H34Br2O2P2. The van der Waals surface area contributed by atoms with Crippen LogP contribution in [0.5, 0.6) is 0 Å². The van der Waals surface area contributed by atoms with Crippen molar-refractivity contribution < 1.29 is 9.13 Å². The average molecular weight is 768 g/mol. The molecule has 0 N–H and O–H groups in total. The maximum absolute atomic E-state index is 16.3. The summed E-state index contributed by atoms with van der Waals surface area (Å²) in [5.74, 6) is 0. The number of benzene rings is 4. The maximum atomic E-state index is 16.3. The van der Waals surface area contributed by atoms with E-state index in [1.165, 1.54) is 0 Å². The molecule has 0 spiro atoms. The summed E-state index contributed by atoms with van der Waals surface area (Å²) >= 11 is 7.80. The summed E-state index contributed by atoms with van der Waals surface area (Å²) in [5, 5.41) is 4.80. The maximum Gasteiger partial charge on any atom is 0.146 e. The second-order valence-corrected chi connectivity index (χ2v) is 19.8. The van der Waals surface area contributed by atoms with Crippen molar-refractivity contribution in [1.29, 1.82) is 0 Å². The number of hydrogen-bond acceptors (Lipinski definition) is 2. The Morgan fingerprint density at radius 3 is 1.04 bits per heavy atom. The van der Waals surface area contributed by atoms with Gasteiger partial charge in [0.15, 0.2) is 0 Å². The quantitative estimate of drug-likeness (QED) is 0.139. The van der Waals surface area contributed by atoms with Crippen LogP contribution < -0.4 is 0 Å². The van der Waals surface area contributed by atoms with Gasteiger partial charge in [-0.2, -0.15) is 0 Å². The minimum Gasteiger partial charge on any atom is -0.314 e. The summed E-state index contributed by atoms with van der Waals surface area (Å²) in [6.45, 7) is 4.54. The van der Waals surface area contributed by atoms with Crippen molar-refractivity contribution in [3.63, 3.8) is 0 Å². The van der Waals surface area contributed by atoms with Crippen LogP contribution in [0, 0.1) is 10.8 Å². The Bertz CT molecular complexity index is 1980. The number of hydrogen-bond donors (Lipinski definition) is 0. The minimum atomic E-state index is -3.23. The first kappa shape index (κ1) is 30.6. The predicted molar refractivity (Wildman–Crippen MR) is 202 cm³/mol. The van der Waals surface area contributed by atoms with E-state index in [0.717, 1.165) is 65.8 Å². The van der Waals surface area contributed by atoms with Gasteiger partial charge in [-0.3, -0.25) is 0 Å². The van der Waals surface area contributed by atoms with Crippen LogP contribution in [0.1, 0.15) is 36.1 Å². The van der Waals surface area contributed by atoms with E-state index >= 15 is 9.13 Å². The molecule has 4 aliphatic rings. The van der Waals surface area contributed by atoms with E-state index in [1.807, 2.05) is 48.5 Å². The van der Waals surface area contributed by atoms with Crippen molar-refractivity contribution in [3.05, 3.63) is 165 Å². The zero-order chi connectivity index (χ0) is 31.9. The Balaban J connectivity index is 1.45. The molecule has 6 heteroatoms. The molecule has 4 aromatic carbocycles. The van der Waals surface area contributed by atoms with E-state index in [4.69, 9.17) is 0 Å². The normalized spacial score (nSPS) is 29.9. The first-order valence-corrected chi connectivity index (χ1v) is 21.8. The zero-order valence-corrected chi connectivity index (χ0v) is 30.8. The Morgan fingerprint density at radius 2 is 0.761 bits per heavy atom. The lowest BCUT2D eigenvalue weighted by atomic mass is 9.72. The van der Waals surface area contributed by atoms with Gasteiger partial charge in [0.1, 0.15) is 14.3 Å². The average Bonchev–Trinajstić information content (AvgIpc) is 3.66. The van der Waals surface area contributed by atoms with Crippen LogP contribution in [-0.2, 0) is 9.13 Å². The first-order valence-electron chi connectivity index (χ1n) is 15.7. The van der Waals surface area contributed by atoms with Gasteiger partial charge >= 0.3 is 0 Å². The second-order valence-electron chi connectivity index (χ2n) is 13.3. The third-order valence-electron chi connectivity index (χ3n) is 10.7. The molecule has 0 aliphatic carbocycles. The number of halogens is 2. The molecule has 4 atom stereocenters. The van der Waals surface area contributed by atoms with Crippen LogP contribution in [0.4, 0.5) is 0 Å². The minimum absolute atomic E-state index is 0.465. The molecule has 0 fully saturated rings. The molecule has 4 aliphatic heterocycles. The fourth-order valence-corrected chi connectivity index (χ4v) is 20.8. The number of rotatable bonds is 7. The Hall–Kier alpha value is -2.74. The molecule has 4 aromatic rings. The van der Waals surface area contributed by atoms with Gasteiger partial charge in [-0.25, -0.2) is 0 Å². The third-order valence-corrected chi connectivity index (χ3v) is 19.0. The van der Waals surface area contributed by atoms with Crippen molar-refractivity contribution in [2.24, 2.45) is 10.8 Å². The smallest absolute Gasteiger partial charge is 0.146 e. The fraction of sp³-hybridized carbons (Fsp3) is 0.200. The molecule has 230 valence electrons. The van der Waals surface area contributed by atoms with Crippen LogP contribution >= 0.6 is 46.1 Å². The van der Waals surface area contributed by atoms with Crippen LogP contribution in [0.15, 0.2) is 143 Å². The van der Waals surface area contributed by atoms with Gasteiger partial charge in [0.2, 0.25) is 0 Å². The molecule has 0 saturated carbocycles. The first-order chi connectivity index (χ1) is 22.2. The Kier molecular flexibility index (Phi) is 7.24. The van der Waals surface area contributed by atoms with Gasteiger partial charge in [-0.1, -0.05) is 167 Å². The summed E-state index contributed by atoms with van der Waals surface area (Å²) in [6.07, 6.45) is 1.05. The zero-order valence-electron chi connectivity index (χ0n) is 25.8. The van der Waals surface area contributed by atoms with Gasteiger partial charge in [0.25, 0.3) is 0 Å². The standard InChI is InChI=1S/C40H34Br2O2P2/c1-39-25-45(43,35(29-19-11-5-12-20-29)33(39)27-15-7-3-8-16-27)37(31(39)23-41)38-32(24-42)40(2)26-46(38,44)36(30-21-13-6-14-22-30)34(40)28-17-9-4-10-18-28/h3-22H,23-26H2,1-2H3/t39-,40+,45?,46?. The predicted octanol–water partition coefficient (Wildman–Crippen LogP) is 12.2. The van der Waals surface area contributed by atoms with Crippen molar-refractivity contribution in [2.45, 2.75) is 13.8 Å². The molecule has 0 saturated heterocycles. The highest BCUT2D eigenvalue weighted by atomic mass is 79.9. The van der Waals surface area contributed by atoms with E-state index in [-0.39, 0.29) is 0 Å². The van der Waals surface area contributed by atoms with Crippen molar-refractivity contribution >= 4 is 67.9 Å². The van der Waals surface area contributed by atoms with Crippen LogP contribution in [0.25, 0.3) is 21.8 Å². The van der Waals surface area contributed by atoms with Gasteiger partial charge in [0, 0.05) is 55.1 Å². The lowest BCUT2D eigenvalue weighted by Gasteiger charge is -2.36. The molecule has 46 heavy (non-hydrogen) atoms. The van der Waals surface area contributed by atoms with E-state index in [0.29, 0.717) is 23.0 Å². The van der Waals surface area contributed by atoms with E-state index in [1.54, 1.807) is 0 Å².